The Morgan fingerprint density at radius 3 is 3.00 bits per heavy atom. The lowest BCUT2D eigenvalue weighted by atomic mass is 9.85. The van der Waals surface area contributed by atoms with Crippen molar-refractivity contribution < 1.29 is 4.74 Å². The molecule has 1 unspecified atom stereocenters. The Balaban J connectivity index is 1.46. The van der Waals surface area contributed by atoms with Gasteiger partial charge in [0.15, 0.2) is 0 Å². The Morgan fingerprint density at radius 1 is 1.33 bits per heavy atom. The first-order chi connectivity index (χ1) is 10.3. The van der Waals surface area contributed by atoms with Crippen molar-refractivity contribution in [1.29, 1.82) is 0 Å². The molecule has 1 N–H and O–H groups in total. The minimum Gasteiger partial charge on any atom is -0.375 e. The Kier molecular flexibility index (Phi) is 3.94. The van der Waals surface area contributed by atoms with Crippen molar-refractivity contribution in [2.45, 2.75) is 62.8 Å². The molecule has 1 aromatic rings. The number of hydrogen-bond donors (Lipinski definition) is 1. The third-order valence-electron chi connectivity index (χ3n) is 4.99. The van der Waals surface area contributed by atoms with Crippen LogP contribution in [-0.2, 0) is 11.3 Å². The molecule has 3 heterocycles. The van der Waals surface area contributed by atoms with E-state index in [4.69, 9.17) is 4.74 Å². The first-order valence-corrected chi connectivity index (χ1v) is 9.34. The van der Waals surface area contributed by atoms with Crippen molar-refractivity contribution >= 4 is 11.8 Å². The zero-order chi connectivity index (χ0) is 14.1. The van der Waals surface area contributed by atoms with Crippen LogP contribution in [0.25, 0.3) is 0 Å². The third-order valence-corrected chi connectivity index (χ3v) is 5.98. The van der Waals surface area contributed by atoms with Gasteiger partial charge in [-0.3, -0.25) is 0 Å². The number of hydrogen-bond acceptors (Lipinski definition) is 5. The lowest BCUT2D eigenvalue weighted by Crippen LogP contribution is -2.43. The summed E-state index contributed by atoms with van der Waals surface area (Å²) in [6.07, 6.45) is 8.89. The van der Waals surface area contributed by atoms with E-state index >= 15 is 0 Å². The molecule has 2 saturated heterocycles. The molecule has 0 aromatic carbocycles. The Hall–Kier alpha value is -0.590. The van der Waals surface area contributed by atoms with Crippen molar-refractivity contribution in [2.75, 3.05) is 18.1 Å². The molecule has 3 aliphatic rings. The Morgan fingerprint density at radius 2 is 2.19 bits per heavy atom. The summed E-state index contributed by atoms with van der Waals surface area (Å²) < 4.78 is 8.36. The van der Waals surface area contributed by atoms with Gasteiger partial charge in [-0.15, -0.1) is 0 Å². The lowest BCUT2D eigenvalue weighted by Gasteiger charge is -2.43. The van der Waals surface area contributed by atoms with Gasteiger partial charge >= 0.3 is 0 Å². The van der Waals surface area contributed by atoms with Crippen LogP contribution >= 0.6 is 11.8 Å². The molecule has 1 atom stereocenters. The standard InChI is InChI=1S/C15H24N4OS/c1-2-12(1)16-10-14-17-11-18-19(14)13-3-6-20-15(9-13)4-7-21-8-5-15/h11-13,16H,1-10H2. The summed E-state index contributed by atoms with van der Waals surface area (Å²) >= 11 is 2.06. The number of aromatic nitrogens is 3. The first-order valence-electron chi connectivity index (χ1n) is 8.18. The third kappa shape index (κ3) is 3.12. The summed E-state index contributed by atoms with van der Waals surface area (Å²) in [6, 6.07) is 1.17. The fourth-order valence-corrected chi connectivity index (χ4v) is 4.77. The number of rotatable bonds is 4. The highest BCUT2D eigenvalue weighted by Gasteiger charge is 2.40. The maximum Gasteiger partial charge on any atom is 0.141 e. The number of ether oxygens (including phenoxy) is 1. The van der Waals surface area contributed by atoms with Gasteiger partial charge in [-0.2, -0.15) is 16.9 Å². The van der Waals surface area contributed by atoms with Crippen molar-refractivity contribution in [3.63, 3.8) is 0 Å². The summed E-state index contributed by atoms with van der Waals surface area (Å²) in [6.45, 7) is 1.72. The van der Waals surface area contributed by atoms with E-state index in [0.29, 0.717) is 12.1 Å². The second-order valence-corrected chi connectivity index (χ2v) is 7.79. The summed E-state index contributed by atoms with van der Waals surface area (Å²) in [7, 11) is 0. The molecule has 6 heteroatoms. The van der Waals surface area contributed by atoms with Gasteiger partial charge in [0.25, 0.3) is 0 Å². The molecule has 5 nitrogen and oxygen atoms in total. The SMILES string of the molecule is c1nc(CNC2CC2)n(C2CCOC3(CCSCC3)C2)n1. The summed E-state index contributed by atoms with van der Waals surface area (Å²) in [5.74, 6) is 3.56. The zero-order valence-electron chi connectivity index (χ0n) is 12.5. The molecule has 21 heavy (non-hydrogen) atoms. The van der Waals surface area contributed by atoms with Crippen molar-refractivity contribution in [3.8, 4) is 0 Å². The molecule has 1 saturated carbocycles. The maximum atomic E-state index is 6.19. The lowest BCUT2D eigenvalue weighted by molar-refractivity contribution is -0.101. The van der Waals surface area contributed by atoms with Crippen LogP contribution in [0.2, 0.25) is 0 Å². The van der Waals surface area contributed by atoms with Gasteiger partial charge in [0.1, 0.15) is 12.2 Å². The van der Waals surface area contributed by atoms with Crippen LogP contribution in [0, 0.1) is 0 Å². The van der Waals surface area contributed by atoms with E-state index in [-0.39, 0.29) is 5.60 Å². The van der Waals surface area contributed by atoms with E-state index < -0.39 is 0 Å². The highest BCUT2D eigenvalue weighted by molar-refractivity contribution is 7.99. The molecule has 116 valence electrons. The second-order valence-electron chi connectivity index (χ2n) is 6.57. The van der Waals surface area contributed by atoms with Crippen LogP contribution < -0.4 is 5.32 Å². The summed E-state index contributed by atoms with van der Waals surface area (Å²) in [4.78, 5) is 4.47. The minimum atomic E-state index is 0.112. The van der Waals surface area contributed by atoms with Crippen LogP contribution in [0.3, 0.4) is 0 Å². The summed E-state index contributed by atoms with van der Waals surface area (Å²) in [5, 5.41) is 8.07. The molecule has 0 bridgehead atoms. The zero-order valence-corrected chi connectivity index (χ0v) is 13.3. The van der Waals surface area contributed by atoms with Gasteiger partial charge in [0.05, 0.1) is 18.2 Å². The smallest absolute Gasteiger partial charge is 0.141 e. The predicted molar refractivity (Wildman–Crippen MR) is 83.4 cm³/mol. The monoisotopic (exact) mass is 308 g/mol. The van der Waals surface area contributed by atoms with E-state index in [9.17, 15) is 0 Å². The Bertz CT molecular complexity index is 476. The van der Waals surface area contributed by atoms with E-state index in [0.717, 1.165) is 31.8 Å². The van der Waals surface area contributed by atoms with E-state index in [1.165, 1.54) is 37.2 Å². The van der Waals surface area contributed by atoms with Gasteiger partial charge < -0.3 is 10.1 Å². The van der Waals surface area contributed by atoms with Crippen molar-refractivity contribution in [3.05, 3.63) is 12.2 Å². The molecule has 3 fully saturated rings. The van der Waals surface area contributed by atoms with E-state index in [1.54, 1.807) is 6.33 Å². The molecule has 1 aromatic heterocycles. The van der Waals surface area contributed by atoms with Gasteiger partial charge in [-0.25, -0.2) is 9.67 Å². The van der Waals surface area contributed by atoms with Gasteiger partial charge in [-0.05, 0) is 50.0 Å². The molecule has 0 amide bonds. The van der Waals surface area contributed by atoms with Crippen LogP contribution in [-0.4, -0.2) is 44.5 Å². The van der Waals surface area contributed by atoms with Gasteiger partial charge in [-0.1, -0.05) is 0 Å². The second kappa shape index (κ2) is 5.89. The van der Waals surface area contributed by atoms with Crippen LogP contribution in [0.4, 0.5) is 0 Å². The topological polar surface area (TPSA) is 52.0 Å². The Labute approximate surface area is 130 Å². The summed E-state index contributed by atoms with van der Waals surface area (Å²) in [5.41, 5.74) is 0.112. The van der Waals surface area contributed by atoms with Crippen molar-refractivity contribution in [1.82, 2.24) is 20.1 Å². The first kappa shape index (κ1) is 14.0. The number of nitrogens with one attached hydrogen (secondary N) is 1. The average molecular weight is 308 g/mol. The average Bonchev–Trinajstić information content (AvgIpc) is 3.22. The fourth-order valence-electron chi connectivity index (χ4n) is 3.53. The molecule has 1 aliphatic carbocycles. The minimum absolute atomic E-state index is 0.112. The van der Waals surface area contributed by atoms with E-state index in [1.807, 2.05) is 0 Å². The number of thioether (sulfide) groups is 1. The van der Waals surface area contributed by atoms with E-state index in [2.05, 4.69) is 31.8 Å². The molecular weight excluding hydrogens is 284 g/mol. The predicted octanol–water partition coefficient (Wildman–Crippen LogP) is 2.15. The largest absolute Gasteiger partial charge is 0.375 e. The van der Waals surface area contributed by atoms with Crippen LogP contribution in [0.15, 0.2) is 6.33 Å². The highest BCUT2D eigenvalue weighted by Crippen LogP contribution is 2.41. The van der Waals surface area contributed by atoms with Gasteiger partial charge in [0, 0.05) is 12.6 Å². The highest BCUT2D eigenvalue weighted by atomic mass is 32.2. The number of nitrogens with zero attached hydrogens (tertiary/aromatic N) is 3. The van der Waals surface area contributed by atoms with Crippen LogP contribution in [0.5, 0.6) is 0 Å². The molecule has 4 rings (SSSR count). The molecule has 1 spiro atoms. The van der Waals surface area contributed by atoms with Gasteiger partial charge in [0.2, 0.25) is 0 Å². The van der Waals surface area contributed by atoms with Crippen molar-refractivity contribution in [2.24, 2.45) is 0 Å². The van der Waals surface area contributed by atoms with Crippen LogP contribution in [0.1, 0.15) is 50.4 Å². The molecule has 0 radical (unpaired) electrons. The maximum absolute atomic E-state index is 6.19. The quantitative estimate of drug-likeness (QED) is 0.923. The normalized spacial score (nSPS) is 28.9. The molecular formula is C15H24N4OS. The molecule has 2 aliphatic heterocycles. The fraction of sp³-hybridized carbons (Fsp3) is 0.867.